The van der Waals surface area contributed by atoms with Gasteiger partial charge >= 0.3 is 0 Å². The van der Waals surface area contributed by atoms with Crippen LogP contribution in [0, 0.1) is 11.7 Å². The molecule has 1 aliphatic heterocycles. The number of aliphatic hydroxyl groups is 1. The third-order valence-electron chi connectivity index (χ3n) is 4.00. The Morgan fingerprint density at radius 3 is 3.10 bits per heavy atom. The Balaban J connectivity index is 2.01. The van der Waals surface area contributed by atoms with Crippen LogP contribution in [0.4, 0.5) is 10.1 Å². The number of methoxy groups -OCH3 is 1. The molecule has 1 atom stereocenters. The van der Waals surface area contributed by atoms with E-state index in [1.165, 1.54) is 6.07 Å². The minimum atomic E-state index is -0.201. The molecule has 118 valence electrons. The topological polar surface area (TPSA) is 44.7 Å². The van der Waals surface area contributed by atoms with Crippen molar-refractivity contribution in [2.75, 3.05) is 44.9 Å². The van der Waals surface area contributed by atoms with Gasteiger partial charge in [-0.1, -0.05) is 0 Å². The Morgan fingerprint density at radius 2 is 2.33 bits per heavy atom. The number of halogens is 1. The zero-order valence-corrected chi connectivity index (χ0v) is 12.6. The molecule has 2 N–H and O–H groups in total. The summed E-state index contributed by atoms with van der Waals surface area (Å²) in [5, 5.41) is 12.3. The molecule has 21 heavy (non-hydrogen) atoms. The number of nitrogens with one attached hydrogen (secondary N) is 1. The molecule has 1 fully saturated rings. The number of ether oxygens (including phenoxy) is 1. The number of benzene rings is 1. The standard InChI is InChI=1S/C16H25FN2O2/c1-21-9-6-18-11-14-10-15(17)2-3-16(14)19-7-4-13(12-19)5-8-20/h2-3,10,13,18,20H,4-9,11-12H2,1H3. The largest absolute Gasteiger partial charge is 0.396 e. The zero-order valence-electron chi connectivity index (χ0n) is 12.6. The fourth-order valence-electron chi connectivity index (χ4n) is 2.87. The molecule has 5 heteroatoms. The van der Waals surface area contributed by atoms with E-state index in [-0.39, 0.29) is 12.4 Å². The second kappa shape index (κ2) is 8.32. The summed E-state index contributed by atoms with van der Waals surface area (Å²) in [6.07, 6.45) is 1.94. The predicted octanol–water partition coefficient (Wildman–Crippen LogP) is 1.77. The van der Waals surface area contributed by atoms with Crippen molar-refractivity contribution in [3.8, 4) is 0 Å². The SMILES string of the molecule is COCCNCc1cc(F)ccc1N1CCC(CCO)C1. The molecule has 0 saturated carbocycles. The first-order valence-electron chi connectivity index (χ1n) is 7.58. The van der Waals surface area contributed by atoms with E-state index in [1.54, 1.807) is 13.2 Å². The molecule has 0 radical (unpaired) electrons. The normalized spacial score (nSPS) is 18.4. The van der Waals surface area contributed by atoms with Gasteiger partial charge in [-0.15, -0.1) is 0 Å². The molecule has 0 aromatic heterocycles. The van der Waals surface area contributed by atoms with E-state index in [9.17, 15) is 4.39 Å². The first kappa shape index (κ1) is 16.2. The summed E-state index contributed by atoms with van der Waals surface area (Å²) in [5.74, 6) is 0.336. The molecule has 1 unspecified atom stereocenters. The first-order valence-corrected chi connectivity index (χ1v) is 7.58. The van der Waals surface area contributed by atoms with E-state index in [4.69, 9.17) is 9.84 Å². The number of aliphatic hydroxyl groups excluding tert-OH is 1. The highest BCUT2D eigenvalue weighted by Gasteiger charge is 2.23. The van der Waals surface area contributed by atoms with Gasteiger partial charge in [0.15, 0.2) is 0 Å². The maximum Gasteiger partial charge on any atom is 0.123 e. The Morgan fingerprint density at radius 1 is 1.48 bits per heavy atom. The van der Waals surface area contributed by atoms with Crippen molar-refractivity contribution in [1.29, 1.82) is 0 Å². The van der Waals surface area contributed by atoms with Crippen LogP contribution in [-0.4, -0.2) is 45.1 Å². The second-order valence-corrected chi connectivity index (χ2v) is 5.56. The Hall–Kier alpha value is -1.17. The van der Waals surface area contributed by atoms with Crippen LogP contribution in [0.5, 0.6) is 0 Å². The summed E-state index contributed by atoms with van der Waals surface area (Å²) < 4.78 is 18.5. The number of hydrogen-bond donors (Lipinski definition) is 2. The molecular formula is C16H25FN2O2. The van der Waals surface area contributed by atoms with Crippen molar-refractivity contribution in [2.24, 2.45) is 5.92 Å². The number of nitrogens with zero attached hydrogens (tertiary/aromatic N) is 1. The van der Waals surface area contributed by atoms with E-state index in [1.807, 2.05) is 6.07 Å². The van der Waals surface area contributed by atoms with Crippen molar-refractivity contribution in [3.05, 3.63) is 29.6 Å². The van der Waals surface area contributed by atoms with Gasteiger partial charge in [-0.05, 0) is 42.5 Å². The van der Waals surface area contributed by atoms with E-state index in [2.05, 4.69) is 10.2 Å². The van der Waals surface area contributed by atoms with Gasteiger partial charge in [0.1, 0.15) is 5.82 Å². The summed E-state index contributed by atoms with van der Waals surface area (Å²) in [6, 6.07) is 4.99. The fraction of sp³-hybridized carbons (Fsp3) is 0.625. The van der Waals surface area contributed by atoms with Gasteiger partial charge < -0.3 is 20.1 Å². The molecule has 1 heterocycles. The van der Waals surface area contributed by atoms with E-state index in [0.717, 1.165) is 43.7 Å². The fourth-order valence-corrected chi connectivity index (χ4v) is 2.87. The molecule has 1 aromatic rings. The van der Waals surface area contributed by atoms with Crippen LogP contribution in [0.1, 0.15) is 18.4 Å². The molecule has 2 rings (SSSR count). The van der Waals surface area contributed by atoms with Crippen LogP contribution in [0.3, 0.4) is 0 Å². The van der Waals surface area contributed by atoms with Crippen LogP contribution in [-0.2, 0) is 11.3 Å². The van der Waals surface area contributed by atoms with E-state index < -0.39 is 0 Å². The Bertz CT molecular complexity index is 442. The van der Waals surface area contributed by atoms with Gasteiger partial charge in [-0.2, -0.15) is 0 Å². The van der Waals surface area contributed by atoms with Gasteiger partial charge in [-0.3, -0.25) is 0 Å². The lowest BCUT2D eigenvalue weighted by Gasteiger charge is -2.22. The lowest BCUT2D eigenvalue weighted by Crippen LogP contribution is -2.24. The van der Waals surface area contributed by atoms with Gasteiger partial charge in [0.05, 0.1) is 6.61 Å². The van der Waals surface area contributed by atoms with Crippen molar-refractivity contribution in [2.45, 2.75) is 19.4 Å². The van der Waals surface area contributed by atoms with E-state index in [0.29, 0.717) is 19.1 Å². The summed E-state index contributed by atoms with van der Waals surface area (Å²) >= 11 is 0. The molecule has 0 spiro atoms. The summed E-state index contributed by atoms with van der Waals surface area (Å²) in [6.45, 7) is 4.19. The van der Waals surface area contributed by atoms with Crippen LogP contribution >= 0.6 is 0 Å². The highest BCUT2D eigenvalue weighted by molar-refractivity contribution is 5.54. The average Bonchev–Trinajstić information content (AvgIpc) is 2.93. The molecule has 0 bridgehead atoms. The van der Waals surface area contributed by atoms with Gasteiger partial charge in [0.25, 0.3) is 0 Å². The van der Waals surface area contributed by atoms with Crippen LogP contribution < -0.4 is 10.2 Å². The maximum atomic E-state index is 13.5. The molecule has 1 saturated heterocycles. The summed E-state index contributed by atoms with van der Waals surface area (Å²) in [4.78, 5) is 2.30. The summed E-state index contributed by atoms with van der Waals surface area (Å²) in [5.41, 5.74) is 2.08. The van der Waals surface area contributed by atoms with Crippen molar-refractivity contribution in [3.63, 3.8) is 0 Å². The highest BCUT2D eigenvalue weighted by Crippen LogP contribution is 2.29. The smallest absolute Gasteiger partial charge is 0.123 e. The van der Waals surface area contributed by atoms with Crippen LogP contribution in [0.15, 0.2) is 18.2 Å². The molecule has 0 aliphatic carbocycles. The highest BCUT2D eigenvalue weighted by atomic mass is 19.1. The van der Waals surface area contributed by atoms with Gasteiger partial charge in [0.2, 0.25) is 0 Å². The second-order valence-electron chi connectivity index (χ2n) is 5.56. The monoisotopic (exact) mass is 296 g/mol. The zero-order chi connectivity index (χ0) is 15.1. The first-order chi connectivity index (χ1) is 10.2. The van der Waals surface area contributed by atoms with E-state index >= 15 is 0 Å². The lowest BCUT2D eigenvalue weighted by molar-refractivity contribution is 0.199. The Kier molecular flexibility index (Phi) is 6.42. The molecule has 1 aliphatic rings. The van der Waals surface area contributed by atoms with Crippen LogP contribution in [0.2, 0.25) is 0 Å². The average molecular weight is 296 g/mol. The third-order valence-corrected chi connectivity index (χ3v) is 4.00. The summed E-state index contributed by atoms with van der Waals surface area (Å²) in [7, 11) is 1.67. The molecule has 1 aromatic carbocycles. The number of rotatable bonds is 8. The van der Waals surface area contributed by atoms with Crippen molar-refractivity contribution in [1.82, 2.24) is 5.32 Å². The van der Waals surface area contributed by atoms with Crippen LogP contribution in [0.25, 0.3) is 0 Å². The van der Waals surface area contributed by atoms with Gasteiger partial charge in [-0.25, -0.2) is 4.39 Å². The number of anilines is 1. The quantitative estimate of drug-likeness (QED) is 0.718. The lowest BCUT2D eigenvalue weighted by atomic mass is 10.1. The van der Waals surface area contributed by atoms with Crippen molar-refractivity contribution < 1.29 is 14.2 Å². The molecular weight excluding hydrogens is 271 g/mol. The minimum Gasteiger partial charge on any atom is -0.396 e. The van der Waals surface area contributed by atoms with Crippen molar-refractivity contribution >= 4 is 5.69 Å². The minimum absolute atomic E-state index is 0.201. The number of hydrogen-bond acceptors (Lipinski definition) is 4. The molecule has 4 nitrogen and oxygen atoms in total. The maximum absolute atomic E-state index is 13.5. The molecule has 0 amide bonds. The third kappa shape index (κ3) is 4.66. The predicted molar refractivity (Wildman–Crippen MR) is 82.0 cm³/mol. The Labute approximate surface area is 125 Å². The van der Waals surface area contributed by atoms with Gasteiger partial charge in [0, 0.05) is 45.6 Å².